The average Bonchev–Trinajstić information content (AvgIpc) is 2.66. The zero-order valence-corrected chi connectivity index (χ0v) is 18.0. The van der Waals surface area contributed by atoms with Crippen molar-refractivity contribution in [1.29, 1.82) is 0 Å². The molecule has 30 heavy (non-hydrogen) atoms. The second-order valence-electron chi connectivity index (χ2n) is 8.92. The highest BCUT2D eigenvalue weighted by Crippen LogP contribution is 2.62. The molecule has 7 nitrogen and oxygen atoms in total. The van der Waals surface area contributed by atoms with Gasteiger partial charge >= 0.3 is 11.9 Å². The van der Waals surface area contributed by atoms with Crippen LogP contribution in [0.4, 0.5) is 0 Å². The van der Waals surface area contributed by atoms with Crippen molar-refractivity contribution >= 4 is 18.0 Å². The van der Waals surface area contributed by atoms with Crippen LogP contribution in [-0.4, -0.2) is 61.4 Å². The molecular weight excluding hydrogens is 386 g/mol. The highest BCUT2D eigenvalue weighted by atomic mass is 16.6. The summed E-state index contributed by atoms with van der Waals surface area (Å²) in [7, 11) is 3.57. The Hall–Kier alpha value is -2.38. The van der Waals surface area contributed by atoms with E-state index in [1.165, 1.54) is 21.0 Å². The number of ether oxygens (including phenoxy) is 3. The van der Waals surface area contributed by atoms with Gasteiger partial charge in [0, 0.05) is 37.9 Å². The first-order chi connectivity index (χ1) is 14.2. The normalized spacial score (nSPS) is 32.0. The summed E-state index contributed by atoms with van der Waals surface area (Å²) < 4.78 is 16.4. The number of piperidine rings is 1. The molecule has 1 saturated carbocycles. The number of likely N-dealkylation sites (tertiary alicyclic amines) is 1. The molecule has 162 valence electrons. The van der Waals surface area contributed by atoms with Crippen molar-refractivity contribution in [3.63, 3.8) is 0 Å². The quantitative estimate of drug-likeness (QED) is 0.597. The Morgan fingerprint density at radius 2 is 1.93 bits per heavy atom. The minimum Gasteiger partial charge on any atom is -0.493 e. The fraction of sp³-hybridized carbons (Fsp3) is 0.565. The van der Waals surface area contributed by atoms with Gasteiger partial charge in [0.2, 0.25) is 0 Å². The number of methoxy groups -OCH3 is 1. The summed E-state index contributed by atoms with van der Waals surface area (Å²) in [5, 5.41) is 12.2. The Morgan fingerprint density at radius 1 is 1.17 bits per heavy atom. The SMILES string of the molecule is COc1ccc2c(c1OC(C)=O)C=C[C@]1(O)[C@]3(COC(C)=O)CCC[C@]21CN(C)C3. The number of nitrogens with zero attached hydrogens (tertiary/aromatic N) is 1. The molecule has 0 amide bonds. The van der Waals surface area contributed by atoms with Crippen LogP contribution in [-0.2, 0) is 19.7 Å². The Morgan fingerprint density at radius 3 is 2.60 bits per heavy atom. The van der Waals surface area contributed by atoms with Crippen LogP contribution in [0.25, 0.3) is 6.08 Å². The first kappa shape index (κ1) is 20.9. The van der Waals surface area contributed by atoms with Gasteiger partial charge in [0.25, 0.3) is 0 Å². The smallest absolute Gasteiger partial charge is 0.308 e. The van der Waals surface area contributed by atoms with Crippen LogP contribution in [0.15, 0.2) is 18.2 Å². The molecule has 0 aromatic heterocycles. The van der Waals surface area contributed by atoms with Crippen LogP contribution in [0.1, 0.15) is 44.2 Å². The summed E-state index contributed by atoms with van der Waals surface area (Å²) in [4.78, 5) is 25.6. The fourth-order valence-electron chi connectivity index (χ4n) is 6.05. The number of carbonyl (C=O) groups is 2. The summed E-state index contributed by atoms with van der Waals surface area (Å²) in [6, 6.07) is 3.76. The molecule has 4 rings (SSSR count). The van der Waals surface area contributed by atoms with Gasteiger partial charge in [-0.2, -0.15) is 0 Å². The Labute approximate surface area is 176 Å². The highest BCUT2D eigenvalue weighted by molar-refractivity contribution is 5.78. The van der Waals surface area contributed by atoms with Gasteiger partial charge in [-0.1, -0.05) is 24.6 Å². The number of fused-ring (bicyclic) bond motifs is 1. The molecule has 0 unspecified atom stereocenters. The van der Waals surface area contributed by atoms with Crippen molar-refractivity contribution in [2.24, 2.45) is 5.41 Å². The number of hydrogen-bond donors (Lipinski definition) is 1. The molecule has 1 N–H and O–H groups in total. The first-order valence-electron chi connectivity index (χ1n) is 10.3. The molecule has 1 aromatic carbocycles. The molecule has 1 aliphatic heterocycles. The predicted molar refractivity (Wildman–Crippen MR) is 110 cm³/mol. The van der Waals surface area contributed by atoms with Crippen LogP contribution < -0.4 is 9.47 Å². The monoisotopic (exact) mass is 415 g/mol. The predicted octanol–water partition coefficient (Wildman–Crippen LogP) is 2.30. The molecule has 3 aliphatic rings. The summed E-state index contributed by atoms with van der Waals surface area (Å²) in [5.74, 6) is 0.0719. The molecule has 2 fully saturated rings. The maximum absolute atomic E-state index is 12.2. The van der Waals surface area contributed by atoms with E-state index in [2.05, 4.69) is 4.90 Å². The molecule has 2 bridgehead atoms. The Balaban J connectivity index is 1.92. The molecule has 0 spiro atoms. The lowest BCUT2D eigenvalue weighted by atomic mass is 9.45. The van der Waals surface area contributed by atoms with Gasteiger partial charge < -0.3 is 24.2 Å². The molecule has 2 aliphatic carbocycles. The van der Waals surface area contributed by atoms with Crippen LogP contribution in [0, 0.1) is 5.41 Å². The van der Waals surface area contributed by atoms with Crippen molar-refractivity contribution in [3.8, 4) is 11.5 Å². The minimum atomic E-state index is -1.19. The average molecular weight is 415 g/mol. The lowest BCUT2D eigenvalue weighted by molar-refractivity contribution is -0.203. The molecule has 1 aromatic rings. The summed E-state index contributed by atoms with van der Waals surface area (Å²) >= 11 is 0. The van der Waals surface area contributed by atoms with E-state index in [1.54, 1.807) is 6.07 Å². The van der Waals surface area contributed by atoms with Crippen molar-refractivity contribution in [1.82, 2.24) is 4.90 Å². The Bertz CT molecular complexity index is 927. The maximum Gasteiger partial charge on any atom is 0.308 e. The fourth-order valence-corrected chi connectivity index (χ4v) is 6.05. The third-order valence-corrected chi connectivity index (χ3v) is 7.09. The summed E-state index contributed by atoms with van der Waals surface area (Å²) in [5.41, 5.74) is -0.714. The van der Waals surface area contributed by atoms with Crippen LogP contribution in [0.3, 0.4) is 0 Å². The largest absolute Gasteiger partial charge is 0.493 e. The number of benzene rings is 1. The van der Waals surface area contributed by atoms with Crippen molar-refractivity contribution in [2.45, 2.75) is 44.1 Å². The van der Waals surface area contributed by atoms with Gasteiger partial charge in [0.1, 0.15) is 12.2 Å². The maximum atomic E-state index is 12.2. The van der Waals surface area contributed by atoms with E-state index in [9.17, 15) is 14.7 Å². The molecule has 7 heteroatoms. The third-order valence-electron chi connectivity index (χ3n) is 7.09. The number of likely N-dealkylation sites (N-methyl/N-ethyl adjacent to an activating group) is 1. The highest BCUT2D eigenvalue weighted by Gasteiger charge is 2.68. The van der Waals surface area contributed by atoms with E-state index in [0.29, 0.717) is 24.6 Å². The van der Waals surface area contributed by atoms with Gasteiger partial charge in [-0.3, -0.25) is 9.59 Å². The molecule has 1 saturated heterocycles. The molecule has 3 atom stereocenters. The van der Waals surface area contributed by atoms with Gasteiger partial charge in [-0.05, 0) is 31.5 Å². The molecule has 1 heterocycles. The van der Waals surface area contributed by atoms with Gasteiger partial charge in [0.05, 0.1) is 12.5 Å². The number of aliphatic hydroxyl groups is 1. The third kappa shape index (κ3) is 2.79. The zero-order valence-electron chi connectivity index (χ0n) is 18.0. The van der Waals surface area contributed by atoms with Crippen molar-refractivity contribution in [3.05, 3.63) is 29.3 Å². The van der Waals surface area contributed by atoms with Gasteiger partial charge in [0.15, 0.2) is 11.5 Å². The summed E-state index contributed by atoms with van der Waals surface area (Å²) in [6.07, 6.45) is 6.10. The van der Waals surface area contributed by atoms with E-state index in [0.717, 1.165) is 30.4 Å². The number of esters is 2. The Kier molecular flexibility index (Phi) is 4.94. The van der Waals surface area contributed by atoms with Gasteiger partial charge in [-0.15, -0.1) is 0 Å². The van der Waals surface area contributed by atoms with E-state index >= 15 is 0 Å². The summed E-state index contributed by atoms with van der Waals surface area (Å²) in [6.45, 7) is 4.20. The second-order valence-corrected chi connectivity index (χ2v) is 8.92. The molecular formula is C23H29NO6. The van der Waals surface area contributed by atoms with Crippen LogP contribution in [0.2, 0.25) is 0 Å². The van der Waals surface area contributed by atoms with E-state index in [4.69, 9.17) is 14.2 Å². The number of rotatable bonds is 4. The first-order valence-corrected chi connectivity index (χ1v) is 10.3. The topological polar surface area (TPSA) is 85.3 Å². The zero-order chi connectivity index (χ0) is 21.7. The van der Waals surface area contributed by atoms with Crippen molar-refractivity contribution < 1.29 is 28.9 Å². The lowest BCUT2D eigenvalue weighted by Gasteiger charge is -2.66. The van der Waals surface area contributed by atoms with E-state index < -0.39 is 22.4 Å². The minimum absolute atomic E-state index is 0.164. The standard InChI is InChI=1S/C23H29NO6/c1-15(25)29-14-21-9-5-10-22(13-24(3)12-21)18-6-7-19(28-4)20(30-16(2)26)17(18)8-11-23(21,22)27/h6-8,11,27H,5,9-10,12-14H2,1-4H3/t21-,22+,23+/m1/s1. The van der Waals surface area contributed by atoms with Crippen LogP contribution >= 0.6 is 0 Å². The van der Waals surface area contributed by atoms with Crippen LogP contribution in [0.5, 0.6) is 11.5 Å². The van der Waals surface area contributed by atoms with Gasteiger partial charge in [-0.25, -0.2) is 0 Å². The van der Waals surface area contributed by atoms with E-state index in [-0.39, 0.29) is 12.6 Å². The lowest BCUT2D eigenvalue weighted by Crippen LogP contribution is -2.75. The second kappa shape index (κ2) is 7.10. The number of carbonyl (C=O) groups excluding carboxylic acids is 2. The van der Waals surface area contributed by atoms with E-state index in [1.807, 2.05) is 25.3 Å². The van der Waals surface area contributed by atoms with Crippen molar-refractivity contribution in [2.75, 3.05) is 33.9 Å². The molecule has 0 radical (unpaired) electrons. The number of hydrogen-bond acceptors (Lipinski definition) is 7.